The van der Waals surface area contributed by atoms with Crippen molar-refractivity contribution in [2.45, 2.75) is 6.85 Å². The summed E-state index contributed by atoms with van der Waals surface area (Å²) in [7, 11) is 0. The summed E-state index contributed by atoms with van der Waals surface area (Å²) >= 11 is 0. The second kappa shape index (κ2) is 3.77. The van der Waals surface area contributed by atoms with Crippen LogP contribution in [0.4, 0.5) is 8.78 Å². The zero-order valence-corrected chi connectivity index (χ0v) is 7.67. The monoisotopic (exact) mass is 208 g/mol. The lowest BCUT2D eigenvalue weighted by atomic mass is 10.1. The minimum absolute atomic E-state index is 0.00657. The Bertz CT molecular complexity index is 565. The first kappa shape index (κ1) is 6.67. The van der Waals surface area contributed by atoms with Gasteiger partial charge in [-0.15, -0.1) is 0 Å². The molecule has 0 amide bonds. The van der Waals surface area contributed by atoms with Gasteiger partial charge in [0, 0.05) is 15.9 Å². The van der Waals surface area contributed by atoms with E-state index in [0.29, 0.717) is 0 Å². The van der Waals surface area contributed by atoms with E-state index in [1.165, 1.54) is 24.3 Å². The first-order valence-corrected chi connectivity index (χ1v) is 4.30. The summed E-state index contributed by atoms with van der Waals surface area (Å²) in [5, 5.41) is 0. The molecule has 1 aromatic carbocycles. The summed E-state index contributed by atoms with van der Waals surface area (Å²) in [4.78, 5) is 3.85. The van der Waals surface area contributed by atoms with E-state index in [1.807, 2.05) is 0 Å². The molecule has 76 valence electrons. The Balaban J connectivity index is 2.44. The second-order valence-corrected chi connectivity index (χ2v) is 3.03. The van der Waals surface area contributed by atoms with Crippen LogP contribution in [0.2, 0.25) is 0 Å². The minimum atomic E-state index is -2.26. The molecule has 0 saturated carbocycles. The molecule has 15 heavy (non-hydrogen) atoms. The maximum atomic E-state index is 13.5. The van der Waals surface area contributed by atoms with Crippen LogP contribution in [-0.4, -0.2) is 4.98 Å². The lowest BCUT2D eigenvalue weighted by Crippen LogP contribution is -1.91. The third kappa shape index (κ3) is 1.86. The van der Waals surface area contributed by atoms with Gasteiger partial charge in [0.15, 0.2) is 11.6 Å². The molecule has 0 spiro atoms. The highest BCUT2D eigenvalue weighted by atomic mass is 19.2. The first-order chi connectivity index (χ1) is 8.39. The zero-order valence-electron chi connectivity index (χ0n) is 10.7. The first-order valence-electron chi connectivity index (χ1n) is 5.80. The minimum Gasteiger partial charge on any atom is -0.256 e. The number of aromatic nitrogens is 1. The van der Waals surface area contributed by atoms with Crippen molar-refractivity contribution in [3.63, 3.8) is 0 Å². The number of benzene rings is 1. The van der Waals surface area contributed by atoms with Crippen molar-refractivity contribution < 1.29 is 12.9 Å². The fourth-order valence-electron chi connectivity index (χ4n) is 1.25. The highest BCUT2D eigenvalue weighted by Crippen LogP contribution is 2.22. The van der Waals surface area contributed by atoms with Gasteiger partial charge in [0.05, 0.1) is 5.69 Å². The van der Waals surface area contributed by atoms with Gasteiger partial charge in [0.1, 0.15) is 0 Å². The predicted octanol–water partition coefficient (Wildman–Crippen LogP) is 3.34. The molecule has 0 aliphatic rings. The summed E-state index contributed by atoms with van der Waals surface area (Å²) < 4.78 is 48.1. The Morgan fingerprint density at radius 1 is 1.20 bits per heavy atom. The quantitative estimate of drug-likeness (QED) is 0.700. The Hall–Kier alpha value is -1.77. The normalized spacial score (nSPS) is 14.1. The second-order valence-electron chi connectivity index (χ2n) is 3.03. The fourth-order valence-corrected chi connectivity index (χ4v) is 1.25. The van der Waals surface area contributed by atoms with E-state index in [4.69, 9.17) is 4.11 Å². The summed E-state index contributed by atoms with van der Waals surface area (Å²) in [6.45, 7) is -2.26. The fraction of sp³-hybridized carbons (Fsp3) is 0.0833. The van der Waals surface area contributed by atoms with Gasteiger partial charge in [0.25, 0.3) is 0 Å². The maximum absolute atomic E-state index is 13.5. The van der Waals surface area contributed by atoms with E-state index in [9.17, 15) is 8.78 Å². The molecule has 0 atom stereocenters. The summed E-state index contributed by atoms with van der Waals surface area (Å²) in [5.74, 6) is -1.96. The molecule has 0 aliphatic heterocycles. The number of hydrogen-bond acceptors (Lipinski definition) is 1. The van der Waals surface area contributed by atoms with E-state index in [1.54, 1.807) is 0 Å². The molecular formula is C12H9F2N. The van der Waals surface area contributed by atoms with Gasteiger partial charge in [-0.3, -0.25) is 4.98 Å². The van der Waals surface area contributed by atoms with Gasteiger partial charge in [-0.1, -0.05) is 12.1 Å². The van der Waals surface area contributed by atoms with Gasteiger partial charge < -0.3 is 0 Å². The molecule has 1 aromatic heterocycles. The smallest absolute Gasteiger partial charge is 0.168 e. The van der Waals surface area contributed by atoms with Crippen LogP contribution in [0.3, 0.4) is 0 Å². The van der Waals surface area contributed by atoms with Crippen LogP contribution in [-0.2, 0) is 0 Å². The van der Waals surface area contributed by atoms with Crippen LogP contribution in [0.25, 0.3) is 11.3 Å². The molecule has 0 radical (unpaired) electrons. The van der Waals surface area contributed by atoms with Crippen LogP contribution >= 0.6 is 0 Å². The highest BCUT2D eigenvalue weighted by Gasteiger charge is 2.09. The van der Waals surface area contributed by atoms with Gasteiger partial charge in [0.2, 0.25) is 0 Å². The van der Waals surface area contributed by atoms with E-state index >= 15 is 0 Å². The summed E-state index contributed by atoms with van der Waals surface area (Å²) in [5.41, 5.74) is 0.259. The molecule has 0 bridgehead atoms. The number of nitrogens with zero attached hydrogens (tertiary/aromatic N) is 1. The Kier molecular flexibility index (Phi) is 1.67. The maximum Gasteiger partial charge on any atom is 0.168 e. The van der Waals surface area contributed by atoms with Crippen molar-refractivity contribution in [1.82, 2.24) is 4.98 Å². The van der Waals surface area contributed by atoms with Crippen molar-refractivity contribution in [2.75, 3.05) is 0 Å². The Morgan fingerprint density at radius 3 is 2.73 bits per heavy atom. The predicted molar refractivity (Wildman–Crippen MR) is 54.3 cm³/mol. The molecule has 3 heteroatoms. The SMILES string of the molecule is [2H]C([2H])([2H])c1ccc(-c2cccc(F)c2F)nc1. The molecule has 2 aromatic rings. The zero-order chi connectivity index (χ0) is 13.3. The lowest BCUT2D eigenvalue weighted by molar-refractivity contribution is 0.511. The van der Waals surface area contributed by atoms with Crippen molar-refractivity contribution in [1.29, 1.82) is 0 Å². The Morgan fingerprint density at radius 2 is 2.07 bits per heavy atom. The lowest BCUT2D eigenvalue weighted by Gasteiger charge is -2.03. The third-order valence-corrected chi connectivity index (χ3v) is 1.99. The summed E-state index contributed by atoms with van der Waals surface area (Å²) in [6, 6.07) is 6.46. The number of halogens is 2. The van der Waals surface area contributed by atoms with Gasteiger partial charge >= 0.3 is 0 Å². The van der Waals surface area contributed by atoms with E-state index in [0.717, 1.165) is 12.3 Å². The molecule has 0 aliphatic carbocycles. The third-order valence-electron chi connectivity index (χ3n) is 1.99. The average molecular weight is 208 g/mol. The van der Waals surface area contributed by atoms with Crippen LogP contribution in [0.1, 0.15) is 9.68 Å². The molecule has 0 fully saturated rings. The van der Waals surface area contributed by atoms with Crippen molar-refractivity contribution >= 4 is 0 Å². The average Bonchev–Trinajstić information content (AvgIpc) is 2.32. The molecule has 0 unspecified atom stereocenters. The molecule has 1 nitrogen and oxygen atoms in total. The van der Waals surface area contributed by atoms with Crippen molar-refractivity contribution in [3.05, 3.63) is 53.7 Å². The number of aryl methyl sites for hydroxylation is 1. The molecular weight excluding hydrogens is 196 g/mol. The van der Waals surface area contributed by atoms with Crippen LogP contribution in [0.5, 0.6) is 0 Å². The van der Waals surface area contributed by atoms with Gasteiger partial charge in [-0.25, -0.2) is 8.78 Å². The van der Waals surface area contributed by atoms with E-state index in [-0.39, 0.29) is 16.8 Å². The molecule has 1 heterocycles. The van der Waals surface area contributed by atoms with Crippen LogP contribution in [0.15, 0.2) is 36.5 Å². The summed E-state index contributed by atoms with van der Waals surface area (Å²) in [6.07, 6.45) is 1.15. The largest absolute Gasteiger partial charge is 0.256 e. The van der Waals surface area contributed by atoms with Gasteiger partial charge in [-0.2, -0.15) is 0 Å². The topological polar surface area (TPSA) is 12.9 Å². The number of rotatable bonds is 1. The molecule has 2 rings (SSSR count). The molecule has 0 N–H and O–H groups in total. The van der Waals surface area contributed by atoms with Crippen LogP contribution in [0, 0.1) is 18.5 Å². The highest BCUT2D eigenvalue weighted by molar-refractivity contribution is 5.59. The van der Waals surface area contributed by atoms with E-state index in [2.05, 4.69) is 4.98 Å². The van der Waals surface area contributed by atoms with Gasteiger partial charge in [-0.05, 0) is 30.6 Å². The van der Waals surface area contributed by atoms with Crippen molar-refractivity contribution in [3.8, 4) is 11.3 Å². The number of hydrogen-bond donors (Lipinski definition) is 0. The molecule has 0 saturated heterocycles. The number of pyridine rings is 1. The Labute approximate surface area is 90.6 Å². The van der Waals surface area contributed by atoms with E-state index < -0.39 is 18.5 Å². The van der Waals surface area contributed by atoms with Crippen molar-refractivity contribution in [2.24, 2.45) is 0 Å². The standard InChI is InChI=1S/C12H9F2N/c1-8-5-6-11(15-7-8)9-3-2-4-10(13)12(9)14/h2-7H,1H3/i1D3. The van der Waals surface area contributed by atoms with Crippen LogP contribution < -0.4 is 0 Å².